The van der Waals surface area contributed by atoms with Crippen LogP contribution in [0.1, 0.15) is 43.9 Å². The molecule has 0 aromatic heterocycles. The van der Waals surface area contributed by atoms with E-state index in [4.69, 9.17) is 9.47 Å². The topological polar surface area (TPSA) is 47.6 Å². The lowest BCUT2D eigenvalue weighted by Gasteiger charge is -2.33. The molecule has 1 aliphatic carbocycles. The van der Waals surface area contributed by atoms with Crippen LogP contribution in [0.4, 0.5) is 0 Å². The number of amides is 1. The molecule has 1 N–H and O–H groups in total. The number of aryl methyl sites for hydroxylation is 1. The summed E-state index contributed by atoms with van der Waals surface area (Å²) in [4.78, 5) is 12.9. The van der Waals surface area contributed by atoms with Crippen molar-refractivity contribution in [3.63, 3.8) is 0 Å². The minimum atomic E-state index is -0.330. The third-order valence-electron chi connectivity index (χ3n) is 5.50. The lowest BCUT2D eigenvalue weighted by Crippen LogP contribution is -2.43. The minimum Gasteiger partial charge on any atom is -0.490 e. The van der Waals surface area contributed by atoms with Gasteiger partial charge < -0.3 is 14.8 Å². The highest BCUT2D eigenvalue weighted by molar-refractivity contribution is 5.83. The van der Waals surface area contributed by atoms with Crippen LogP contribution in [0, 0.1) is 5.41 Å². The van der Waals surface area contributed by atoms with E-state index in [9.17, 15) is 4.79 Å². The van der Waals surface area contributed by atoms with Crippen molar-refractivity contribution in [3.05, 3.63) is 59.2 Å². The summed E-state index contributed by atoms with van der Waals surface area (Å²) in [5, 5.41) is 3.15. The smallest absolute Gasteiger partial charge is 0.226 e. The predicted molar refractivity (Wildman–Crippen MR) is 112 cm³/mol. The van der Waals surface area contributed by atoms with Crippen LogP contribution in [0.2, 0.25) is 0 Å². The first-order chi connectivity index (χ1) is 13.6. The first-order valence-electron chi connectivity index (χ1n) is 10.3. The van der Waals surface area contributed by atoms with Crippen molar-refractivity contribution in [1.82, 2.24) is 5.32 Å². The second-order valence-electron chi connectivity index (χ2n) is 7.66. The molecule has 1 amide bonds. The van der Waals surface area contributed by atoms with Crippen LogP contribution in [0.25, 0.3) is 0 Å². The third-order valence-corrected chi connectivity index (χ3v) is 5.50. The zero-order valence-electron chi connectivity index (χ0n) is 17.2. The van der Waals surface area contributed by atoms with Crippen LogP contribution < -0.4 is 14.8 Å². The molecular weight excluding hydrogens is 350 g/mol. The third kappa shape index (κ3) is 4.67. The van der Waals surface area contributed by atoms with E-state index in [0.717, 1.165) is 42.7 Å². The molecule has 4 nitrogen and oxygen atoms in total. The van der Waals surface area contributed by atoms with Crippen LogP contribution in [0.3, 0.4) is 0 Å². The maximum Gasteiger partial charge on any atom is 0.226 e. The fraction of sp³-hybridized carbons (Fsp3) is 0.458. The highest BCUT2D eigenvalue weighted by atomic mass is 16.5. The molecule has 0 heterocycles. The van der Waals surface area contributed by atoms with E-state index in [1.54, 1.807) is 0 Å². The molecule has 3 rings (SSSR count). The van der Waals surface area contributed by atoms with Gasteiger partial charge in [-0.1, -0.05) is 37.3 Å². The Morgan fingerprint density at radius 2 is 1.75 bits per heavy atom. The molecule has 2 aromatic rings. The first-order valence-corrected chi connectivity index (χ1v) is 10.3. The van der Waals surface area contributed by atoms with Crippen molar-refractivity contribution >= 4 is 5.91 Å². The SMILES string of the molecule is CCOc1ccc(CCNC(=O)C2(C)CCc3ccccc3C2)cc1OCC. The van der Waals surface area contributed by atoms with Crippen molar-refractivity contribution in [2.75, 3.05) is 19.8 Å². The molecule has 2 aromatic carbocycles. The van der Waals surface area contributed by atoms with E-state index >= 15 is 0 Å². The van der Waals surface area contributed by atoms with E-state index in [-0.39, 0.29) is 11.3 Å². The summed E-state index contributed by atoms with van der Waals surface area (Å²) in [6.07, 6.45) is 3.45. The van der Waals surface area contributed by atoms with E-state index in [2.05, 4.69) is 36.5 Å². The zero-order valence-corrected chi connectivity index (χ0v) is 17.2. The molecule has 0 radical (unpaired) electrons. The van der Waals surface area contributed by atoms with E-state index < -0.39 is 0 Å². The van der Waals surface area contributed by atoms with Gasteiger partial charge in [0.25, 0.3) is 0 Å². The molecule has 0 bridgehead atoms. The van der Waals surface area contributed by atoms with Crippen LogP contribution >= 0.6 is 0 Å². The molecule has 0 spiro atoms. The average Bonchev–Trinajstić information content (AvgIpc) is 2.70. The Hall–Kier alpha value is -2.49. The van der Waals surface area contributed by atoms with E-state index in [1.807, 2.05) is 32.0 Å². The van der Waals surface area contributed by atoms with Gasteiger partial charge in [0.05, 0.1) is 18.6 Å². The monoisotopic (exact) mass is 381 g/mol. The second kappa shape index (κ2) is 9.13. The summed E-state index contributed by atoms with van der Waals surface area (Å²) >= 11 is 0. The van der Waals surface area contributed by atoms with Gasteiger partial charge in [0.2, 0.25) is 5.91 Å². The number of fused-ring (bicyclic) bond motifs is 1. The van der Waals surface area contributed by atoms with Gasteiger partial charge in [0.15, 0.2) is 11.5 Å². The Balaban J connectivity index is 1.57. The molecular formula is C24H31NO3. The molecule has 0 saturated heterocycles. The summed E-state index contributed by atoms with van der Waals surface area (Å²) in [6, 6.07) is 14.5. The Bertz CT molecular complexity index is 817. The summed E-state index contributed by atoms with van der Waals surface area (Å²) in [7, 11) is 0. The number of nitrogens with one attached hydrogen (secondary N) is 1. The number of hydrogen-bond donors (Lipinski definition) is 1. The number of hydrogen-bond acceptors (Lipinski definition) is 3. The van der Waals surface area contributed by atoms with Gasteiger partial charge in [-0.25, -0.2) is 0 Å². The summed E-state index contributed by atoms with van der Waals surface area (Å²) in [6.45, 7) is 7.84. The van der Waals surface area contributed by atoms with Crippen molar-refractivity contribution in [1.29, 1.82) is 0 Å². The lowest BCUT2D eigenvalue weighted by molar-refractivity contribution is -0.130. The maximum absolute atomic E-state index is 12.9. The van der Waals surface area contributed by atoms with Gasteiger partial charge in [0.1, 0.15) is 0 Å². The second-order valence-corrected chi connectivity index (χ2v) is 7.66. The number of benzene rings is 2. The molecule has 0 fully saturated rings. The molecule has 150 valence electrons. The summed E-state index contributed by atoms with van der Waals surface area (Å²) < 4.78 is 11.3. The molecule has 28 heavy (non-hydrogen) atoms. The molecule has 1 atom stereocenters. The maximum atomic E-state index is 12.9. The Kier molecular flexibility index (Phi) is 6.61. The lowest BCUT2D eigenvalue weighted by atomic mass is 9.72. The van der Waals surface area contributed by atoms with Crippen molar-refractivity contribution in [2.24, 2.45) is 5.41 Å². The van der Waals surface area contributed by atoms with Crippen LogP contribution in [0.5, 0.6) is 11.5 Å². The van der Waals surface area contributed by atoms with Gasteiger partial charge in [-0.05, 0) is 68.4 Å². The van der Waals surface area contributed by atoms with Crippen LogP contribution in [-0.2, 0) is 24.1 Å². The van der Waals surface area contributed by atoms with Crippen molar-refractivity contribution in [2.45, 2.75) is 46.5 Å². The highest BCUT2D eigenvalue weighted by Crippen LogP contribution is 2.35. The highest BCUT2D eigenvalue weighted by Gasteiger charge is 2.36. The number of carbonyl (C=O) groups excluding carboxylic acids is 1. The molecule has 1 aliphatic rings. The standard InChI is InChI=1S/C24H31NO3/c1-4-27-21-11-10-18(16-22(21)28-5-2)13-15-25-23(26)24(3)14-12-19-8-6-7-9-20(19)17-24/h6-11,16H,4-5,12-15,17H2,1-3H3,(H,25,26). The van der Waals surface area contributed by atoms with Crippen LogP contribution in [-0.4, -0.2) is 25.7 Å². The summed E-state index contributed by atoms with van der Waals surface area (Å²) in [5.74, 6) is 1.69. The van der Waals surface area contributed by atoms with Crippen LogP contribution in [0.15, 0.2) is 42.5 Å². The number of carbonyl (C=O) groups is 1. The number of rotatable bonds is 8. The predicted octanol–water partition coefficient (Wildman–Crippen LogP) is 4.34. The van der Waals surface area contributed by atoms with Crippen molar-refractivity contribution < 1.29 is 14.3 Å². The fourth-order valence-corrected chi connectivity index (χ4v) is 3.87. The minimum absolute atomic E-state index is 0.151. The number of ether oxygens (including phenoxy) is 2. The summed E-state index contributed by atoms with van der Waals surface area (Å²) in [5.41, 5.74) is 3.49. The Morgan fingerprint density at radius 3 is 2.50 bits per heavy atom. The van der Waals surface area contributed by atoms with E-state index in [1.165, 1.54) is 11.1 Å². The molecule has 1 unspecified atom stereocenters. The molecule has 0 aliphatic heterocycles. The van der Waals surface area contributed by atoms with Gasteiger partial charge in [-0.3, -0.25) is 4.79 Å². The zero-order chi connectivity index (χ0) is 20.0. The van der Waals surface area contributed by atoms with Gasteiger partial charge in [0, 0.05) is 6.54 Å². The Labute approximate surface area is 168 Å². The quantitative estimate of drug-likeness (QED) is 0.740. The van der Waals surface area contributed by atoms with Gasteiger partial charge >= 0.3 is 0 Å². The molecule has 0 saturated carbocycles. The normalized spacial score (nSPS) is 18.2. The average molecular weight is 382 g/mol. The van der Waals surface area contributed by atoms with E-state index in [0.29, 0.717) is 19.8 Å². The van der Waals surface area contributed by atoms with Gasteiger partial charge in [-0.15, -0.1) is 0 Å². The van der Waals surface area contributed by atoms with Gasteiger partial charge in [-0.2, -0.15) is 0 Å². The Morgan fingerprint density at radius 1 is 1.04 bits per heavy atom. The largest absolute Gasteiger partial charge is 0.490 e. The molecule has 4 heteroatoms. The fourth-order valence-electron chi connectivity index (χ4n) is 3.87. The first kappa shape index (κ1) is 20.2. The van der Waals surface area contributed by atoms with Crippen molar-refractivity contribution in [3.8, 4) is 11.5 Å².